The summed E-state index contributed by atoms with van der Waals surface area (Å²) in [5, 5.41) is 7.44. The molecule has 0 spiro atoms. The van der Waals surface area contributed by atoms with Gasteiger partial charge in [-0.3, -0.25) is 9.69 Å². The van der Waals surface area contributed by atoms with E-state index in [1.54, 1.807) is 23.5 Å². The third-order valence-electron chi connectivity index (χ3n) is 9.61. The Bertz CT molecular complexity index is 1830. The Balaban J connectivity index is 1.14. The molecule has 0 radical (unpaired) electrons. The van der Waals surface area contributed by atoms with Crippen molar-refractivity contribution in [3.8, 4) is 0 Å². The van der Waals surface area contributed by atoms with Gasteiger partial charge in [-0.15, -0.1) is 0 Å². The average molecular weight is 614 g/mol. The molecule has 2 bridgehead atoms. The second-order valence-corrected chi connectivity index (χ2v) is 13.9. The van der Waals surface area contributed by atoms with Crippen LogP contribution in [0, 0.1) is 0 Å². The van der Waals surface area contributed by atoms with Crippen LogP contribution in [0.3, 0.4) is 0 Å². The van der Waals surface area contributed by atoms with Gasteiger partial charge in [-0.2, -0.15) is 0 Å². The molecule has 4 aromatic carbocycles. The number of hydrogen-bond donors (Lipinski definition) is 0. The molecular formula is C38H35N3OS2. The molecule has 4 aliphatic heterocycles. The first-order chi connectivity index (χ1) is 21.6. The highest BCUT2D eigenvalue weighted by molar-refractivity contribution is 8.04. The summed E-state index contributed by atoms with van der Waals surface area (Å²) in [5.41, 5.74) is 4.39. The fraction of sp³-hybridized carbons (Fsp3) is 0.237. The third-order valence-corrected chi connectivity index (χ3v) is 11.8. The third kappa shape index (κ3) is 4.30. The topological polar surface area (TPSA) is 26.8 Å². The van der Waals surface area contributed by atoms with Gasteiger partial charge in [-0.1, -0.05) is 96.3 Å². The number of likely N-dealkylation sites (N-methyl/N-ethyl adjacent to an activating group) is 1. The Hall–Kier alpha value is -3.71. The standard InChI is InChI=1S/C38H35N3OS2/c1-4-40-34(43-32-20-14-24-10-6-8-12-26(24)36(32)40)22-16-28-30-18-19-31(39(30)3)29(38(28)42)17-23-35-41(5-2)37-27-13-9-7-11-25(27)15-21-33(37)44-35/h6-17,20-23,30-31H,4-5,18-19H2,1-3H3. The van der Waals surface area contributed by atoms with E-state index in [-0.39, 0.29) is 17.9 Å². The highest BCUT2D eigenvalue weighted by Gasteiger charge is 2.44. The summed E-state index contributed by atoms with van der Waals surface area (Å²) < 4.78 is 0. The minimum absolute atomic E-state index is 0.169. The van der Waals surface area contributed by atoms with Crippen LogP contribution in [0.2, 0.25) is 0 Å². The maximum absolute atomic E-state index is 14.2. The molecule has 44 heavy (non-hydrogen) atoms. The number of piperidine rings is 1. The van der Waals surface area contributed by atoms with E-state index in [9.17, 15) is 4.79 Å². The lowest BCUT2D eigenvalue weighted by Gasteiger charge is -2.34. The van der Waals surface area contributed by atoms with Crippen molar-refractivity contribution in [2.24, 2.45) is 0 Å². The molecule has 0 amide bonds. The van der Waals surface area contributed by atoms with Crippen molar-refractivity contribution in [1.82, 2.24) is 4.90 Å². The number of fused-ring (bicyclic) bond motifs is 8. The smallest absolute Gasteiger partial charge is 0.188 e. The van der Waals surface area contributed by atoms with Gasteiger partial charge >= 0.3 is 0 Å². The fourth-order valence-corrected chi connectivity index (χ4v) is 9.77. The second-order valence-electron chi connectivity index (χ2n) is 11.8. The Morgan fingerprint density at radius 3 is 1.57 bits per heavy atom. The van der Waals surface area contributed by atoms with Gasteiger partial charge in [0, 0.05) is 56.9 Å². The maximum Gasteiger partial charge on any atom is 0.188 e. The van der Waals surface area contributed by atoms with Crippen LogP contribution < -0.4 is 9.80 Å². The molecule has 2 unspecified atom stereocenters. The highest BCUT2D eigenvalue weighted by Crippen LogP contribution is 2.51. The number of allylic oxidation sites excluding steroid dienone is 4. The predicted molar refractivity (Wildman–Crippen MR) is 188 cm³/mol. The molecule has 4 aromatic rings. The number of Topliss-reactive ketones (excluding diaryl/α,β-unsaturated/α-hetero) is 1. The van der Waals surface area contributed by atoms with Crippen molar-refractivity contribution in [2.45, 2.75) is 48.6 Å². The molecule has 6 heteroatoms. The molecule has 0 aromatic heterocycles. The molecule has 4 aliphatic rings. The van der Waals surface area contributed by atoms with Gasteiger partial charge in [0.15, 0.2) is 5.78 Å². The van der Waals surface area contributed by atoms with Gasteiger partial charge in [-0.05, 0) is 68.8 Å². The Morgan fingerprint density at radius 1 is 0.659 bits per heavy atom. The summed E-state index contributed by atoms with van der Waals surface area (Å²) in [4.78, 5) is 23.9. The van der Waals surface area contributed by atoms with Crippen LogP contribution in [-0.4, -0.2) is 42.9 Å². The summed E-state index contributed by atoms with van der Waals surface area (Å²) in [6.45, 7) is 6.17. The first-order valence-electron chi connectivity index (χ1n) is 15.6. The second kappa shape index (κ2) is 11.0. The first-order valence-corrected chi connectivity index (χ1v) is 17.2. The summed E-state index contributed by atoms with van der Waals surface area (Å²) in [6, 6.07) is 26.4. The molecule has 2 fully saturated rings. The van der Waals surface area contributed by atoms with Crippen LogP contribution in [0.5, 0.6) is 0 Å². The van der Waals surface area contributed by atoms with Crippen molar-refractivity contribution >= 4 is 62.2 Å². The lowest BCUT2D eigenvalue weighted by Crippen LogP contribution is -2.43. The van der Waals surface area contributed by atoms with E-state index in [0.29, 0.717) is 0 Å². The van der Waals surface area contributed by atoms with Gasteiger partial charge < -0.3 is 9.80 Å². The average Bonchev–Trinajstić information content (AvgIpc) is 3.71. The number of anilines is 2. The Kier molecular flexibility index (Phi) is 6.97. The molecular weight excluding hydrogens is 579 g/mol. The van der Waals surface area contributed by atoms with E-state index >= 15 is 0 Å². The van der Waals surface area contributed by atoms with Gasteiger partial charge in [0.25, 0.3) is 0 Å². The Morgan fingerprint density at radius 2 is 1.11 bits per heavy atom. The number of carbonyl (C=O) groups is 1. The van der Waals surface area contributed by atoms with E-state index in [0.717, 1.165) is 37.1 Å². The van der Waals surface area contributed by atoms with Crippen molar-refractivity contribution in [3.05, 3.63) is 118 Å². The molecule has 2 atom stereocenters. The van der Waals surface area contributed by atoms with E-state index < -0.39 is 0 Å². The van der Waals surface area contributed by atoms with Crippen LogP contribution >= 0.6 is 23.5 Å². The summed E-state index contributed by atoms with van der Waals surface area (Å²) >= 11 is 3.61. The largest absolute Gasteiger partial charge is 0.335 e. The van der Waals surface area contributed by atoms with E-state index in [4.69, 9.17) is 0 Å². The number of hydrogen-bond acceptors (Lipinski definition) is 6. The molecule has 8 rings (SSSR count). The van der Waals surface area contributed by atoms with Gasteiger partial charge in [0.1, 0.15) is 0 Å². The summed E-state index contributed by atoms with van der Waals surface area (Å²) in [7, 11) is 2.19. The monoisotopic (exact) mass is 613 g/mol. The zero-order valence-electron chi connectivity index (χ0n) is 25.3. The zero-order chi connectivity index (χ0) is 29.9. The summed E-state index contributed by atoms with van der Waals surface area (Å²) in [5.74, 6) is 0.201. The Labute approximate surface area is 267 Å². The van der Waals surface area contributed by atoms with Crippen LogP contribution in [0.15, 0.2) is 128 Å². The molecule has 4 heterocycles. The molecule has 0 saturated carbocycles. The van der Waals surface area contributed by atoms with Crippen molar-refractivity contribution in [1.29, 1.82) is 0 Å². The maximum atomic E-state index is 14.2. The van der Waals surface area contributed by atoms with Crippen molar-refractivity contribution < 1.29 is 4.79 Å². The summed E-state index contributed by atoms with van der Waals surface area (Å²) in [6.07, 6.45) is 10.6. The number of rotatable bonds is 4. The van der Waals surface area contributed by atoms with E-state index in [2.05, 4.69) is 133 Å². The normalized spacial score (nSPS) is 25.0. The number of carbonyl (C=O) groups excluding carboxylic acids is 1. The van der Waals surface area contributed by atoms with Crippen molar-refractivity contribution in [3.63, 3.8) is 0 Å². The van der Waals surface area contributed by atoms with Gasteiger partial charge in [0.05, 0.1) is 21.4 Å². The fourth-order valence-electron chi connectivity index (χ4n) is 7.48. The van der Waals surface area contributed by atoms with Gasteiger partial charge in [0.2, 0.25) is 0 Å². The lowest BCUT2D eigenvalue weighted by atomic mass is 9.90. The van der Waals surface area contributed by atoms with Crippen molar-refractivity contribution in [2.75, 3.05) is 29.9 Å². The number of ketones is 1. The zero-order valence-corrected chi connectivity index (χ0v) is 26.9. The lowest BCUT2D eigenvalue weighted by molar-refractivity contribution is -0.114. The molecule has 220 valence electrons. The minimum atomic E-state index is 0.169. The molecule has 2 saturated heterocycles. The number of thioether (sulfide) groups is 2. The van der Waals surface area contributed by atoms with Crippen LogP contribution in [0.4, 0.5) is 11.4 Å². The molecule has 0 aliphatic carbocycles. The number of benzene rings is 4. The van der Waals surface area contributed by atoms with Crippen LogP contribution in [-0.2, 0) is 4.79 Å². The SMILES string of the molecule is CCN1C(=CC=C2C(=O)C(=CC=C3Sc4ccc5ccccc5c4N3CC)C3CCC2N3C)Sc2ccc3ccccc3c21. The molecule has 0 N–H and O–H groups in total. The quantitative estimate of drug-likeness (QED) is 0.213. The highest BCUT2D eigenvalue weighted by atomic mass is 32.2. The predicted octanol–water partition coefficient (Wildman–Crippen LogP) is 9.14. The minimum Gasteiger partial charge on any atom is -0.335 e. The van der Waals surface area contributed by atoms with Gasteiger partial charge in [-0.25, -0.2) is 0 Å². The van der Waals surface area contributed by atoms with Crippen LogP contribution in [0.25, 0.3) is 21.5 Å². The van der Waals surface area contributed by atoms with Crippen LogP contribution in [0.1, 0.15) is 26.7 Å². The van der Waals surface area contributed by atoms with E-state index in [1.165, 1.54) is 52.8 Å². The molecule has 4 nitrogen and oxygen atoms in total. The number of nitrogens with zero attached hydrogens (tertiary/aromatic N) is 3. The first kappa shape index (κ1) is 27.8. The van der Waals surface area contributed by atoms with E-state index in [1.807, 2.05) is 0 Å².